The van der Waals surface area contributed by atoms with E-state index in [0.717, 1.165) is 0 Å². The van der Waals surface area contributed by atoms with E-state index in [1.807, 2.05) is 36.4 Å². The first-order chi connectivity index (χ1) is 16.5. The van der Waals surface area contributed by atoms with Crippen molar-refractivity contribution in [2.24, 2.45) is 0 Å². The summed E-state index contributed by atoms with van der Waals surface area (Å²) in [6.07, 6.45) is 1.73. The second-order valence-corrected chi connectivity index (χ2v) is 8.65. The first-order valence-corrected chi connectivity index (χ1v) is 11.5. The van der Waals surface area contributed by atoms with E-state index in [9.17, 15) is 19.5 Å². The van der Waals surface area contributed by atoms with Crippen molar-refractivity contribution in [1.29, 1.82) is 0 Å². The molecule has 2 heterocycles. The van der Waals surface area contributed by atoms with Gasteiger partial charge in [0.25, 0.3) is 0 Å². The summed E-state index contributed by atoms with van der Waals surface area (Å²) in [6.45, 7) is 4.61. The fourth-order valence-corrected chi connectivity index (χ4v) is 4.87. The molecule has 2 fully saturated rings. The van der Waals surface area contributed by atoms with Gasteiger partial charge in [-0.05, 0) is 24.0 Å². The molecule has 8 nitrogen and oxygen atoms in total. The SMILES string of the molecule is C=CN1CC(=O)N2[C@H](CN(CCC(c3ccccc3)c3ccccc3)C(=O)[C@@H]2CCC(=O)O)N1. The highest BCUT2D eigenvalue weighted by molar-refractivity contribution is 5.90. The van der Waals surface area contributed by atoms with Gasteiger partial charge in [-0.2, -0.15) is 0 Å². The third-order valence-corrected chi connectivity index (χ3v) is 6.51. The lowest BCUT2D eigenvalue weighted by molar-refractivity contribution is -0.167. The molecule has 0 saturated carbocycles. The molecular weight excluding hydrogens is 432 g/mol. The molecule has 2 saturated heterocycles. The molecule has 178 valence electrons. The third kappa shape index (κ3) is 5.12. The summed E-state index contributed by atoms with van der Waals surface area (Å²) in [5, 5.41) is 10.8. The minimum atomic E-state index is -0.986. The summed E-state index contributed by atoms with van der Waals surface area (Å²) in [6, 6.07) is 19.6. The number of piperazine rings is 1. The van der Waals surface area contributed by atoms with Crippen LogP contribution in [0.25, 0.3) is 0 Å². The third-order valence-electron chi connectivity index (χ3n) is 6.51. The number of aliphatic carboxylic acids is 1. The maximum absolute atomic E-state index is 13.5. The summed E-state index contributed by atoms with van der Waals surface area (Å²) in [7, 11) is 0. The minimum absolute atomic E-state index is 0.0565. The quantitative estimate of drug-likeness (QED) is 0.595. The number of nitrogens with zero attached hydrogens (tertiary/aromatic N) is 3. The van der Waals surface area contributed by atoms with Crippen molar-refractivity contribution in [2.45, 2.75) is 37.4 Å². The number of fused-ring (bicyclic) bond motifs is 1. The van der Waals surface area contributed by atoms with Gasteiger partial charge in [0.1, 0.15) is 18.8 Å². The number of carbonyl (C=O) groups excluding carboxylic acids is 2. The predicted molar refractivity (Wildman–Crippen MR) is 127 cm³/mol. The highest BCUT2D eigenvalue weighted by Gasteiger charge is 2.45. The number of hydrazine groups is 1. The van der Waals surface area contributed by atoms with Crippen LogP contribution < -0.4 is 5.43 Å². The Labute approximate surface area is 199 Å². The van der Waals surface area contributed by atoms with Crippen LogP contribution >= 0.6 is 0 Å². The number of carboxylic acid groups (broad SMARTS) is 1. The van der Waals surface area contributed by atoms with Crippen molar-refractivity contribution in [3.8, 4) is 0 Å². The van der Waals surface area contributed by atoms with E-state index < -0.39 is 18.2 Å². The largest absolute Gasteiger partial charge is 0.481 e. The maximum Gasteiger partial charge on any atom is 0.303 e. The van der Waals surface area contributed by atoms with Gasteiger partial charge in [-0.3, -0.25) is 14.4 Å². The van der Waals surface area contributed by atoms with Crippen molar-refractivity contribution < 1.29 is 19.5 Å². The van der Waals surface area contributed by atoms with Crippen LogP contribution in [0, 0.1) is 0 Å². The van der Waals surface area contributed by atoms with Crippen LogP contribution in [0.3, 0.4) is 0 Å². The predicted octanol–water partition coefficient (Wildman–Crippen LogP) is 2.40. The number of rotatable bonds is 9. The van der Waals surface area contributed by atoms with E-state index in [4.69, 9.17) is 0 Å². The molecule has 2 N–H and O–H groups in total. The molecule has 4 rings (SSSR count). The Hall–Kier alpha value is -3.65. The van der Waals surface area contributed by atoms with Crippen molar-refractivity contribution in [3.05, 3.63) is 84.6 Å². The molecule has 2 aliphatic rings. The molecule has 0 spiro atoms. The van der Waals surface area contributed by atoms with Crippen LogP contribution in [0.15, 0.2) is 73.4 Å². The van der Waals surface area contributed by atoms with E-state index >= 15 is 0 Å². The molecule has 0 aromatic heterocycles. The van der Waals surface area contributed by atoms with E-state index in [1.165, 1.54) is 16.0 Å². The molecule has 2 aliphatic heterocycles. The van der Waals surface area contributed by atoms with E-state index in [-0.39, 0.29) is 37.1 Å². The van der Waals surface area contributed by atoms with Gasteiger partial charge in [-0.1, -0.05) is 67.2 Å². The highest BCUT2D eigenvalue weighted by Crippen LogP contribution is 2.30. The van der Waals surface area contributed by atoms with Gasteiger partial charge in [0.2, 0.25) is 11.8 Å². The van der Waals surface area contributed by atoms with E-state index in [1.54, 1.807) is 16.1 Å². The van der Waals surface area contributed by atoms with Crippen LogP contribution in [0.5, 0.6) is 0 Å². The average molecular weight is 463 g/mol. The Kier molecular flexibility index (Phi) is 7.27. The molecule has 0 aliphatic carbocycles. The average Bonchev–Trinajstić information content (AvgIpc) is 2.85. The van der Waals surface area contributed by atoms with Crippen molar-refractivity contribution in [2.75, 3.05) is 19.6 Å². The number of nitrogens with one attached hydrogen (secondary N) is 1. The summed E-state index contributed by atoms with van der Waals surface area (Å²) in [5.41, 5.74) is 5.58. The molecule has 0 radical (unpaired) electrons. The van der Waals surface area contributed by atoms with Crippen LogP contribution in [0.4, 0.5) is 0 Å². The molecule has 2 aromatic rings. The molecule has 2 amide bonds. The standard InChI is InChI=1S/C26H30N4O4/c1-2-29-18-24(31)30-22(13-14-25(32)33)26(34)28(17-23(30)27-29)16-15-21(19-9-5-3-6-10-19)20-11-7-4-8-12-20/h2-12,21-23,27H,1,13-18H2,(H,32,33)/t22-,23+/m0/s1. The summed E-state index contributed by atoms with van der Waals surface area (Å²) < 4.78 is 0. The van der Waals surface area contributed by atoms with Gasteiger partial charge < -0.3 is 19.9 Å². The molecule has 8 heteroatoms. The van der Waals surface area contributed by atoms with E-state index in [0.29, 0.717) is 19.5 Å². The van der Waals surface area contributed by atoms with Crippen molar-refractivity contribution >= 4 is 17.8 Å². The van der Waals surface area contributed by atoms with Crippen LogP contribution in [0.1, 0.15) is 36.3 Å². The molecule has 2 atom stereocenters. The summed E-state index contributed by atoms with van der Waals surface area (Å²) in [4.78, 5) is 40.8. The lowest BCUT2D eigenvalue weighted by Crippen LogP contribution is -2.73. The van der Waals surface area contributed by atoms with Gasteiger partial charge in [0.15, 0.2) is 0 Å². The van der Waals surface area contributed by atoms with Crippen LogP contribution in [-0.2, 0) is 14.4 Å². The topological polar surface area (TPSA) is 93.2 Å². The van der Waals surface area contributed by atoms with Gasteiger partial charge in [0.05, 0.1) is 6.54 Å². The summed E-state index contributed by atoms with van der Waals surface area (Å²) in [5.74, 6) is -1.28. The van der Waals surface area contributed by atoms with Crippen LogP contribution in [0.2, 0.25) is 0 Å². The molecular formula is C26H30N4O4. The number of hydrogen-bond acceptors (Lipinski definition) is 5. The van der Waals surface area contributed by atoms with Gasteiger partial charge in [0, 0.05) is 25.1 Å². The monoisotopic (exact) mass is 462 g/mol. The van der Waals surface area contributed by atoms with Crippen molar-refractivity contribution in [1.82, 2.24) is 20.2 Å². The molecule has 0 bridgehead atoms. The second kappa shape index (κ2) is 10.5. The van der Waals surface area contributed by atoms with Crippen LogP contribution in [-0.4, -0.2) is 69.5 Å². The molecule has 0 unspecified atom stereocenters. The first-order valence-electron chi connectivity index (χ1n) is 11.5. The van der Waals surface area contributed by atoms with Gasteiger partial charge in [-0.15, -0.1) is 0 Å². The number of hydrogen-bond donors (Lipinski definition) is 2. The maximum atomic E-state index is 13.5. The Bertz CT molecular complexity index is 990. The second-order valence-electron chi connectivity index (χ2n) is 8.65. The first kappa shape index (κ1) is 23.5. The molecule has 2 aromatic carbocycles. The number of amides is 2. The normalized spacial score (nSPS) is 20.4. The van der Waals surface area contributed by atoms with Crippen molar-refractivity contribution in [3.63, 3.8) is 0 Å². The fourth-order valence-electron chi connectivity index (χ4n) is 4.87. The van der Waals surface area contributed by atoms with Gasteiger partial charge >= 0.3 is 5.97 Å². The van der Waals surface area contributed by atoms with Gasteiger partial charge in [-0.25, -0.2) is 5.43 Å². The zero-order valence-corrected chi connectivity index (χ0v) is 19.0. The Morgan fingerprint density at radius 2 is 1.71 bits per heavy atom. The Balaban J connectivity index is 1.56. The zero-order chi connectivity index (χ0) is 24.1. The molecule has 34 heavy (non-hydrogen) atoms. The number of carboxylic acids is 1. The Morgan fingerprint density at radius 1 is 1.09 bits per heavy atom. The highest BCUT2D eigenvalue weighted by atomic mass is 16.4. The Morgan fingerprint density at radius 3 is 2.26 bits per heavy atom. The lowest BCUT2D eigenvalue weighted by atomic mass is 9.88. The minimum Gasteiger partial charge on any atom is -0.481 e. The zero-order valence-electron chi connectivity index (χ0n) is 19.0. The lowest BCUT2D eigenvalue weighted by Gasteiger charge is -2.50. The van der Waals surface area contributed by atoms with E-state index in [2.05, 4.69) is 36.3 Å². The summed E-state index contributed by atoms with van der Waals surface area (Å²) >= 11 is 0. The number of benzene rings is 2. The number of carbonyl (C=O) groups is 3. The smallest absolute Gasteiger partial charge is 0.303 e. The fraction of sp³-hybridized carbons (Fsp3) is 0.346.